The number of aromatic nitrogens is 3. The fourth-order valence-electron chi connectivity index (χ4n) is 5.61. The molecule has 1 amide bonds. The summed E-state index contributed by atoms with van der Waals surface area (Å²) in [5.74, 6) is 0.940. The first kappa shape index (κ1) is 27.8. The number of hydrogen-bond donors (Lipinski definition) is 1. The lowest BCUT2D eigenvalue weighted by molar-refractivity contribution is 0.0947. The van der Waals surface area contributed by atoms with Crippen molar-refractivity contribution in [2.75, 3.05) is 57.3 Å². The molecule has 0 bridgehead atoms. The van der Waals surface area contributed by atoms with Crippen LogP contribution < -0.4 is 15.8 Å². The summed E-state index contributed by atoms with van der Waals surface area (Å²) in [6.07, 6.45) is 2.53. The molecule has 11 heteroatoms. The van der Waals surface area contributed by atoms with Crippen molar-refractivity contribution < 1.29 is 4.79 Å². The number of pyridine rings is 1. The zero-order valence-electron chi connectivity index (χ0n) is 23.2. The van der Waals surface area contributed by atoms with Gasteiger partial charge in [0.1, 0.15) is 10.6 Å². The molecule has 0 atom stereocenters. The van der Waals surface area contributed by atoms with Crippen molar-refractivity contribution in [3.63, 3.8) is 0 Å². The molecule has 0 spiro atoms. The van der Waals surface area contributed by atoms with Crippen LogP contribution in [0.3, 0.4) is 0 Å². The van der Waals surface area contributed by atoms with Gasteiger partial charge in [-0.15, -0.1) is 11.3 Å². The molecule has 41 heavy (non-hydrogen) atoms. The Hall–Kier alpha value is -3.31. The van der Waals surface area contributed by atoms with E-state index < -0.39 is 0 Å². The molecule has 1 fully saturated rings. The monoisotopic (exact) mass is 591 g/mol. The Morgan fingerprint density at radius 1 is 1.00 bits per heavy atom. The number of halogens is 1. The topological polar surface area (TPSA) is 86.6 Å². The fourth-order valence-corrected chi connectivity index (χ4v) is 6.95. The third-order valence-corrected chi connectivity index (χ3v) is 9.33. The van der Waals surface area contributed by atoms with Crippen molar-refractivity contribution in [1.82, 2.24) is 29.7 Å². The number of carbonyl (C=O) groups excluding carboxylic acids is 1. The second kappa shape index (κ2) is 12.3. The molecule has 214 valence electrons. The summed E-state index contributed by atoms with van der Waals surface area (Å²) in [6.45, 7) is 10.2. The van der Waals surface area contributed by atoms with Crippen molar-refractivity contribution in [2.45, 2.75) is 26.4 Å². The number of nitrogens with zero attached hydrogens (tertiary/aromatic N) is 6. The first-order valence-electron chi connectivity index (χ1n) is 14.1. The first-order chi connectivity index (χ1) is 19.9. The van der Waals surface area contributed by atoms with Crippen LogP contribution in [0.5, 0.6) is 0 Å². The number of benzene rings is 1. The van der Waals surface area contributed by atoms with Crippen molar-refractivity contribution in [2.24, 2.45) is 0 Å². The average Bonchev–Trinajstić information content (AvgIpc) is 3.36. The molecule has 1 aromatic carbocycles. The highest BCUT2D eigenvalue weighted by Crippen LogP contribution is 2.32. The lowest BCUT2D eigenvalue weighted by Crippen LogP contribution is -2.47. The predicted octanol–water partition coefficient (Wildman–Crippen LogP) is 3.43. The quantitative estimate of drug-likeness (QED) is 0.336. The van der Waals surface area contributed by atoms with Crippen LogP contribution in [-0.4, -0.2) is 82.6 Å². The zero-order valence-corrected chi connectivity index (χ0v) is 24.8. The molecule has 5 heterocycles. The Labute approximate surface area is 248 Å². The molecule has 9 nitrogen and oxygen atoms in total. The minimum atomic E-state index is -0.101. The van der Waals surface area contributed by atoms with Crippen LogP contribution >= 0.6 is 22.9 Å². The molecule has 0 unspecified atom stereocenters. The zero-order chi connectivity index (χ0) is 28.3. The van der Waals surface area contributed by atoms with Crippen LogP contribution in [0.15, 0.2) is 53.6 Å². The second-order valence-corrected chi connectivity index (χ2v) is 12.2. The van der Waals surface area contributed by atoms with Gasteiger partial charge in [-0.2, -0.15) is 0 Å². The summed E-state index contributed by atoms with van der Waals surface area (Å²) < 4.78 is 1.78. The number of carbonyl (C=O) groups is 1. The standard InChI is InChI=1S/C30H34ClN7O2S/c1-21-3-2-4-26(34-21)37-16-13-35(14-17-37)15-18-38-20-33-29-27(30(38)40)24-9-11-36(19-25(24)41-29)12-10-32-28(39)22-5-7-23(31)8-6-22/h2-8,20H,9-19H2,1H3,(H,32,39). The minimum Gasteiger partial charge on any atom is -0.354 e. The Kier molecular flexibility index (Phi) is 8.34. The molecule has 1 saturated heterocycles. The Morgan fingerprint density at radius 2 is 1.80 bits per heavy atom. The number of hydrogen-bond acceptors (Lipinski definition) is 8. The van der Waals surface area contributed by atoms with Crippen molar-refractivity contribution in [3.8, 4) is 0 Å². The predicted molar refractivity (Wildman–Crippen MR) is 164 cm³/mol. The molecule has 0 radical (unpaired) electrons. The minimum absolute atomic E-state index is 0.0683. The molecule has 6 rings (SSSR count). The van der Waals surface area contributed by atoms with Crippen molar-refractivity contribution >= 4 is 44.9 Å². The lowest BCUT2D eigenvalue weighted by Gasteiger charge is -2.35. The van der Waals surface area contributed by atoms with Crippen LogP contribution in [0.25, 0.3) is 10.2 Å². The summed E-state index contributed by atoms with van der Waals surface area (Å²) in [7, 11) is 0. The number of aryl methyl sites for hydroxylation is 1. The Morgan fingerprint density at radius 3 is 2.59 bits per heavy atom. The normalized spacial score (nSPS) is 16.2. The largest absolute Gasteiger partial charge is 0.354 e. The van der Waals surface area contributed by atoms with Gasteiger partial charge >= 0.3 is 0 Å². The molecule has 2 aliphatic rings. The maximum atomic E-state index is 13.5. The van der Waals surface area contributed by atoms with Crippen LogP contribution in [0.4, 0.5) is 5.82 Å². The van der Waals surface area contributed by atoms with Gasteiger partial charge in [0.15, 0.2) is 0 Å². The van der Waals surface area contributed by atoms with Gasteiger partial charge in [-0.25, -0.2) is 9.97 Å². The molecule has 2 aliphatic heterocycles. The van der Waals surface area contributed by atoms with Crippen molar-refractivity contribution in [3.05, 3.63) is 85.9 Å². The van der Waals surface area contributed by atoms with Gasteiger partial charge in [0.05, 0.1) is 11.7 Å². The Balaban J connectivity index is 1.03. The highest BCUT2D eigenvalue weighted by Gasteiger charge is 2.24. The molecular weight excluding hydrogens is 558 g/mol. The highest BCUT2D eigenvalue weighted by atomic mass is 35.5. The Bertz CT molecular complexity index is 1590. The molecule has 0 saturated carbocycles. The van der Waals surface area contributed by atoms with Crippen molar-refractivity contribution in [1.29, 1.82) is 0 Å². The molecule has 3 aromatic heterocycles. The van der Waals surface area contributed by atoms with Crippen LogP contribution in [0.1, 0.15) is 26.5 Å². The van der Waals surface area contributed by atoms with Gasteiger partial charge in [0.2, 0.25) is 0 Å². The number of nitrogens with one attached hydrogen (secondary N) is 1. The number of amides is 1. The van der Waals surface area contributed by atoms with Gasteiger partial charge < -0.3 is 10.2 Å². The SMILES string of the molecule is Cc1cccc(N2CCN(CCn3cnc4sc5c(c4c3=O)CCN(CCNC(=O)c3ccc(Cl)cc3)C5)CC2)n1. The summed E-state index contributed by atoms with van der Waals surface area (Å²) in [5, 5.41) is 4.39. The maximum absolute atomic E-state index is 13.5. The summed E-state index contributed by atoms with van der Waals surface area (Å²) in [4.78, 5) is 44.4. The van der Waals surface area contributed by atoms with E-state index in [2.05, 4.69) is 42.1 Å². The third-order valence-electron chi connectivity index (χ3n) is 7.95. The van der Waals surface area contributed by atoms with E-state index in [0.717, 1.165) is 86.1 Å². The molecule has 0 aliphatic carbocycles. The summed E-state index contributed by atoms with van der Waals surface area (Å²) in [6, 6.07) is 13.1. The molecule has 4 aromatic rings. The van der Waals surface area contributed by atoms with Gasteiger partial charge in [-0.3, -0.25) is 24.0 Å². The number of fused-ring (bicyclic) bond motifs is 3. The number of thiophene rings is 1. The smallest absolute Gasteiger partial charge is 0.262 e. The summed E-state index contributed by atoms with van der Waals surface area (Å²) in [5.41, 5.74) is 2.86. The van der Waals surface area contributed by atoms with Gasteiger partial charge in [0, 0.05) is 86.6 Å². The van der Waals surface area contributed by atoms with Crippen LogP contribution in [0, 0.1) is 6.92 Å². The highest BCUT2D eigenvalue weighted by molar-refractivity contribution is 7.18. The maximum Gasteiger partial charge on any atom is 0.262 e. The number of rotatable bonds is 8. The van der Waals surface area contributed by atoms with Crippen LogP contribution in [-0.2, 0) is 19.5 Å². The summed E-state index contributed by atoms with van der Waals surface area (Å²) >= 11 is 7.54. The van der Waals surface area contributed by atoms with E-state index >= 15 is 0 Å². The van der Waals surface area contributed by atoms with E-state index in [9.17, 15) is 9.59 Å². The molecular formula is C30H34ClN7O2S. The third kappa shape index (κ3) is 6.30. The average molecular weight is 592 g/mol. The number of anilines is 1. The van der Waals surface area contributed by atoms with Gasteiger partial charge in [0.25, 0.3) is 11.5 Å². The van der Waals surface area contributed by atoms with Crippen LogP contribution in [0.2, 0.25) is 5.02 Å². The van der Waals surface area contributed by atoms with E-state index in [4.69, 9.17) is 11.6 Å². The second-order valence-electron chi connectivity index (χ2n) is 10.7. The van der Waals surface area contributed by atoms with E-state index in [1.807, 2.05) is 13.0 Å². The van der Waals surface area contributed by atoms with E-state index in [0.29, 0.717) is 23.7 Å². The fraction of sp³-hybridized carbons (Fsp3) is 0.400. The van der Waals surface area contributed by atoms with Gasteiger partial charge in [-0.05, 0) is 55.3 Å². The lowest BCUT2D eigenvalue weighted by atomic mass is 10.1. The van der Waals surface area contributed by atoms with Gasteiger partial charge in [-0.1, -0.05) is 17.7 Å². The molecule has 1 N–H and O–H groups in total. The van der Waals surface area contributed by atoms with E-state index in [1.54, 1.807) is 46.5 Å². The van der Waals surface area contributed by atoms with E-state index in [1.165, 1.54) is 4.88 Å². The number of piperazine rings is 1. The first-order valence-corrected chi connectivity index (χ1v) is 15.3. The van der Waals surface area contributed by atoms with E-state index in [-0.39, 0.29) is 11.5 Å².